The lowest BCUT2D eigenvalue weighted by Crippen LogP contribution is -2.11. The topological polar surface area (TPSA) is 29.5 Å². The van der Waals surface area contributed by atoms with Gasteiger partial charge in [-0.15, -0.1) is 0 Å². The predicted octanol–water partition coefficient (Wildman–Crippen LogP) is 3.87. The summed E-state index contributed by atoms with van der Waals surface area (Å²) in [4.78, 5) is 0. The van der Waals surface area contributed by atoms with Crippen LogP contribution in [0.5, 0.6) is 5.75 Å². The van der Waals surface area contributed by atoms with Crippen molar-refractivity contribution in [1.82, 2.24) is 0 Å². The molecule has 1 unspecified atom stereocenters. The van der Waals surface area contributed by atoms with Crippen molar-refractivity contribution in [3.8, 4) is 5.75 Å². The zero-order chi connectivity index (χ0) is 13.0. The fourth-order valence-corrected chi connectivity index (χ4v) is 2.18. The molecule has 0 aliphatic carbocycles. The predicted molar refractivity (Wildman–Crippen MR) is 75.8 cm³/mol. The lowest BCUT2D eigenvalue weighted by molar-refractivity contribution is 0.107. The van der Waals surface area contributed by atoms with Crippen molar-refractivity contribution in [2.45, 2.75) is 13.0 Å². The highest BCUT2D eigenvalue weighted by atomic mass is 79.9. The van der Waals surface area contributed by atoms with Gasteiger partial charge in [-0.1, -0.05) is 36.4 Å². The summed E-state index contributed by atoms with van der Waals surface area (Å²) in [5, 5.41) is 10.1. The molecule has 1 atom stereocenters. The SMILES string of the molecule is Cc1ccccc1C(O)COc1ccccc1Br. The van der Waals surface area contributed by atoms with Crippen molar-refractivity contribution < 1.29 is 9.84 Å². The molecule has 0 spiro atoms. The van der Waals surface area contributed by atoms with Crippen molar-refractivity contribution in [2.24, 2.45) is 0 Å². The lowest BCUT2D eigenvalue weighted by atomic mass is 10.0. The molecule has 0 aromatic heterocycles. The first-order valence-corrected chi connectivity index (χ1v) is 6.58. The van der Waals surface area contributed by atoms with Crippen molar-refractivity contribution in [1.29, 1.82) is 0 Å². The van der Waals surface area contributed by atoms with Gasteiger partial charge < -0.3 is 9.84 Å². The third kappa shape index (κ3) is 3.12. The maximum atomic E-state index is 10.1. The molecule has 94 valence electrons. The summed E-state index contributed by atoms with van der Waals surface area (Å²) >= 11 is 3.41. The monoisotopic (exact) mass is 306 g/mol. The standard InChI is InChI=1S/C15H15BrO2/c1-11-6-2-3-7-12(11)14(17)10-18-15-9-5-4-8-13(15)16/h2-9,14,17H,10H2,1H3. The summed E-state index contributed by atoms with van der Waals surface area (Å²) in [6.45, 7) is 2.23. The third-order valence-electron chi connectivity index (χ3n) is 2.78. The van der Waals surface area contributed by atoms with Gasteiger partial charge in [0, 0.05) is 0 Å². The van der Waals surface area contributed by atoms with E-state index in [1.807, 2.05) is 55.5 Å². The van der Waals surface area contributed by atoms with Gasteiger partial charge in [0.2, 0.25) is 0 Å². The second-order valence-corrected chi connectivity index (χ2v) is 4.97. The van der Waals surface area contributed by atoms with Crippen molar-refractivity contribution in [3.63, 3.8) is 0 Å². The normalized spacial score (nSPS) is 12.2. The Hall–Kier alpha value is -1.32. The highest BCUT2D eigenvalue weighted by Gasteiger charge is 2.11. The van der Waals surface area contributed by atoms with Gasteiger partial charge in [-0.05, 0) is 46.1 Å². The molecule has 0 heterocycles. The molecule has 0 bridgehead atoms. The number of rotatable bonds is 4. The maximum Gasteiger partial charge on any atom is 0.133 e. The van der Waals surface area contributed by atoms with Crippen molar-refractivity contribution >= 4 is 15.9 Å². The molecule has 3 heteroatoms. The second kappa shape index (κ2) is 6.03. The molecule has 18 heavy (non-hydrogen) atoms. The Morgan fingerprint density at radius 3 is 2.50 bits per heavy atom. The number of aliphatic hydroxyl groups is 1. The van der Waals surface area contributed by atoms with Crippen LogP contribution in [0.15, 0.2) is 53.0 Å². The van der Waals surface area contributed by atoms with Crippen molar-refractivity contribution in [2.75, 3.05) is 6.61 Å². The van der Waals surface area contributed by atoms with Crippen LogP contribution in [0.2, 0.25) is 0 Å². The minimum Gasteiger partial charge on any atom is -0.489 e. The highest BCUT2D eigenvalue weighted by Crippen LogP contribution is 2.25. The van der Waals surface area contributed by atoms with Gasteiger partial charge in [0.15, 0.2) is 0 Å². The lowest BCUT2D eigenvalue weighted by Gasteiger charge is -2.15. The Labute approximate surface area is 115 Å². The van der Waals surface area contributed by atoms with Crippen LogP contribution in [-0.2, 0) is 0 Å². The summed E-state index contributed by atoms with van der Waals surface area (Å²) in [6, 6.07) is 15.4. The quantitative estimate of drug-likeness (QED) is 0.929. The molecule has 2 nitrogen and oxygen atoms in total. The van der Waals surface area contributed by atoms with Gasteiger partial charge in [-0.2, -0.15) is 0 Å². The molecule has 0 saturated carbocycles. The van der Waals surface area contributed by atoms with Crippen LogP contribution in [0, 0.1) is 6.92 Å². The first-order chi connectivity index (χ1) is 8.68. The maximum absolute atomic E-state index is 10.1. The van der Waals surface area contributed by atoms with E-state index in [4.69, 9.17) is 4.74 Å². The van der Waals surface area contributed by atoms with Gasteiger partial charge in [0.05, 0.1) is 4.47 Å². The van der Waals surface area contributed by atoms with E-state index in [2.05, 4.69) is 15.9 Å². The largest absolute Gasteiger partial charge is 0.489 e. The van der Waals surface area contributed by atoms with Crippen LogP contribution in [0.4, 0.5) is 0 Å². The number of benzene rings is 2. The fourth-order valence-electron chi connectivity index (χ4n) is 1.78. The molecule has 0 aliphatic heterocycles. The summed E-state index contributed by atoms with van der Waals surface area (Å²) in [5.74, 6) is 0.741. The Morgan fingerprint density at radius 2 is 1.78 bits per heavy atom. The van der Waals surface area contributed by atoms with E-state index in [9.17, 15) is 5.11 Å². The minimum absolute atomic E-state index is 0.244. The summed E-state index contributed by atoms with van der Waals surface area (Å²) in [7, 11) is 0. The molecule has 0 aliphatic rings. The van der Waals surface area contributed by atoms with Crippen LogP contribution in [-0.4, -0.2) is 11.7 Å². The minimum atomic E-state index is -0.613. The van der Waals surface area contributed by atoms with Gasteiger partial charge in [0.25, 0.3) is 0 Å². The Bertz CT molecular complexity index is 525. The van der Waals surface area contributed by atoms with Gasteiger partial charge in [-0.3, -0.25) is 0 Å². The molecule has 0 amide bonds. The fraction of sp³-hybridized carbons (Fsp3) is 0.200. The van der Waals surface area contributed by atoms with Gasteiger partial charge in [0.1, 0.15) is 18.5 Å². The summed E-state index contributed by atoms with van der Waals surface area (Å²) in [5.41, 5.74) is 1.98. The Morgan fingerprint density at radius 1 is 1.11 bits per heavy atom. The number of ether oxygens (including phenoxy) is 1. The molecular weight excluding hydrogens is 292 g/mol. The molecule has 2 rings (SSSR count). The molecule has 0 fully saturated rings. The number of hydrogen-bond donors (Lipinski definition) is 1. The Kier molecular flexibility index (Phi) is 4.39. The number of aliphatic hydroxyl groups excluding tert-OH is 1. The number of aryl methyl sites for hydroxylation is 1. The Balaban J connectivity index is 2.03. The second-order valence-electron chi connectivity index (χ2n) is 4.11. The molecule has 1 N–H and O–H groups in total. The van der Waals surface area contributed by atoms with Gasteiger partial charge >= 0.3 is 0 Å². The smallest absolute Gasteiger partial charge is 0.133 e. The first-order valence-electron chi connectivity index (χ1n) is 5.79. The van der Waals surface area contributed by atoms with E-state index in [-0.39, 0.29) is 6.61 Å². The summed E-state index contributed by atoms with van der Waals surface area (Å²) in [6.07, 6.45) is -0.613. The van der Waals surface area contributed by atoms with E-state index < -0.39 is 6.10 Å². The van der Waals surface area contributed by atoms with Crippen LogP contribution in [0.1, 0.15) is 17.2 Å². The van der Waals surface area contributed by atoms with E-state index in [1.165, 1.54) is 0 Å². The van der Waals surface area contributed by atoms with Crippen LogP contribution in [0.3, 0.4) is 0 Å². The molecular formula is C15H15BrO2. The molecule has 0 saturated heterocycles. The first kappa shape index (κ1) is 13.1. The number of halogens is 1. The van der Waals surface area contributed by atoms with E-state index in [0.29, 0.717) is 0 Å². The van der Waals surface area contributed by atoms with Crippen LogP contribution < -0.4 is 4.74 Å². The molecule has 2 aromatic rings. The highest BCUT2D eigenvalue weighted by molar-refractivity contribution is 9.10. The average Bonchev–Trinajstić information content (AvgIpc) is 2.38. The third-order valence-corrected chi connectivity index (χ3v) is 3.44. The van der Waals surface area contributed by atoms with Gasteiger partial charge in [-0.25, -0.2) is 0 Å². The van der Waals surface area contributed by atoms with E-state index in [0.717, 1.165) is 21.3 Å². The van der Waals surface area contributed by atoms with Crippen molar-refractivity contribution in [3.05, 3.63) is 64.1 Å². The molecule has 0 radical (unpaired) electrons. The van der Waals surface area contributed by atoms with Crippen LogP contribution in [0.25, 0.3) is 0 Å². The average molecular weight is 307 g/mol. The summed E-state index contributed by atoms with van der Waals surface area (Å²) < 4.78 is 6.50. The zero-order valence-electron chi connectivity index (χ0n) is 10.1. The zero-order valence-corrected chi connectivity index (χ0v) is 11.7. The number of hydrogen-bond acceptors (Lipinski definition) is 2. The van der Waals surface area contributed by atoms with E-state index >= 15 is 0 Å². The van der Waals surface area contributed by atoms with E-state index in [1.54, 1.807) is 0 Å². The van der Waals surface area contributed by atoms with Crippen LogP contribution >= 0.6 is 15.9 Å². The number of para-hydroxylation sites is 1. The molecule has 2 aromatic carbocycles.